The fraction of sp³-hybridized carbons (Fsp3) is 0.529. The molecule has 1 atom stereocenters. The summed E-state index contributed by atoms with van der Waals surface area (Å²) in [5, 5.41) is 8.16. The Hall–Kier alpha value is -1.89. The molecule has 3 rings (SSSR count). The van der Waals surface area contributed by atoms with Gasteiger partial charge in [0.2, 0.25) is 0 Å². The van der Waals surface area contributed by atoms with Gasteiger partial charge in [0.05, 0.1) is 23.0 Å². The molecular weight excluding hydrogens is 322 g/mol. The van der Waals surface area contributed by atoms with Crippen LogP contribution in [0.5, 0.6) is 0 Å². The first-order chi connectivity index (χ1) is 11.4. The maximum atomic E-state index is 12.8. The maximum Gasteiger partial charge on any atom is 0.256 e. The molecule has 7 heteroatoms. The van der Waals surface area contributed by atoms with Gasteiger partial charge in [0, 0.05) is 24.7 Å². The van der Waals surface area contributed by atoms with E-state index in [4.69, 9.17) is 0 Å². The molecule has 2 heterocycles. The van der Waals surface area contributed by atoms with Crippen LogP contribution in [0.15, 0.2) is 11.2 Å². The van der Waals surface area contributed by atoms with Crippen LogP contribution in [-0.2, 0) is 7.05 Å². The fourth-order valence-electron chi connectivity index (χ4n) is 2.89. The van der Waals surface area contributed by atoms with Crippen molar-refractivity contribution in [2.45, 2.75) is 50.6 Å². The van der Waals surface area contributed by atoms with E-state index in [0.717, 1.165) is 40.6 Å². The first kappa shape index (κ1) is 17.0. The maximum absolute atomic E-state index is 12.8. The lowest BCUT2D eigenvalue weighted by Gasteiger charge is -2.16. The number of hydrogen-bond donors (Lipinski definition) is 1. The highest BCUT2D eigenvalue weighted by Crippen LogP contribution is 2.39. The number of amides is 1. The highest BCUT2D eigenvalue weighted by Gasteiger charge is 2.29. The summed E-state index contributed by atoms with van der Waals surface area (Å²) in [7, 11) is 1.88. The Morgan fingerprint density at radius 1 is 1.33 bits per heavy atom. The molecule has 6 nitrogen and oxygen atoms in total. The number of rotatable bonds is 5. The van der Waals surface area contributed by atoms with Gasteiger partial charge >= 0.3 is 0 Å². The molecule has 1 amide bonds. The third-order valence-corrected chi connectivity index (χ3v) is 4.98. The fourth-order valence-corrected chi connectivity index (χ4v) is 3.52. The molecule has 0 aliphatic heterocycles. The molecule has 0 radical (unpaired) electrons. The van der Waals surface area contributed by atoms with Crippen LogP contribution in [0.3, 0.4) is 0 Å². The monoisotopic (exact) mass is 345 g/mol. The smallest absolute Gasteiger partial charge is 0.256 e. The van der Waals surface area contributed by atoms with Crippen LogP contribution >= 0.6 is 11.8 Å². The minimum Gasteiger partial charge on any atom is -0.345 e. The van der Waals surface area contributed by atoms with Gasteiger partial charge in [-0.15, -0.1) is 11.8 Å². The van der Waals surface area contributed by atoms with Crippen LogP contribution in [0.4, 0.5) is 0 Å². The molecule has 128 valence electrons. The Balaban J connectivity index is 1.85. The Kier molecular flexibility index (Phi) is 4.62. The van der Waals surface area contributed by atoms with Gasteiger partial charge in [0.15, 0.2) is 0 Å². The number of aromatic nitrogens is 4. The van der Waals surface area contributed by atoms with Crippen molar-refractivity contribution in [3.8, 4) is 0 Å². The van der Waals surface area contributed by atoms with Crippen molar-refractivity contribution in [2.75, 3.05) is 6.26 Å². The van der Waals surface area contributed by atoms with Gasteiger partial charge in [-0.25, -0.2) is 9.97 Å². The van der Waals surface area contributed by atoms with E-state index < -0.39 is 0 Å². The van der Waals surface area contributed by atoms with E-state index in [-0.39, 0.29) is 11.9 Å². The van der Waals surface area contributed by atoms with E-state index in [1.165, 1.54) is 11.8 Å². The van der Waals surface area contributed by atoms with E-state index in [1.807, 2.05) is 40.3 Å². The first-order valence-electron chi connectivity index (χ1n) is 8.14. The second-order valence-corrected chi connectivity index (χ2v) is 7.16. The first-order valence-corrected chi connectivity index (χ1v) is 9.36. The van der Waals surface area contributed by atoms with Crippen LogP contribution in [0.25, 0.3) is 0 Å². The van der Waals surface area contributed by atoms with Gasteiger partial charge in [-0.2, -0.15) is 5.10 Å². The van der Waals surface area contributed by atoms with Gasteiger partial charge in [-0.1, -0.05) is 0 Å². The van der Waals surface area contributed by atoms with Crippen molar-refractivity contribution in [3.05, 3.63) is 34.5 Å². The number of nitrogens with zero attached hydrogens (tertiary/aromatic N) is 4. The summed E-state index contributed by atoms with van der Waals surface area (Å²) in [5.74, 6) is 1.23. The van der Waals surface area contributed by atoms with E-state index in [1.54, 1.807) is 4.68 Å². The van der Waals surface area contributed by atoms with Crippen molar-refractivity contribution in [2.24, 2.45) is 7.05 Å². The molecule has 1 aliphatic carbocycles. The molecule has 1 saturated carbocycles. The van der Waals surface area contributed by atoms with Crippen molar-refractivity contribution in [3.63, 3.8) is 0 Å². The van der Waals surface area contributed by atoms with E-state index in [0.29, 0.717) is 11.5 Å². The number of aryl methyl sites for hydroxylation is 3. The van der Waals surface area contributed by atoms with Crippen LogP contribution in [0.1, 0.15) is 64.9 Å². The molecular formula is C17H23N5OS. The van der Waals surface area contributed by atoms with Crippen LogP contribution in [-0.4, -0.2) is 31.9 Å². The van der Waals surface area contributed by atoms with Crippen LogP contribution < -0.4 is 5.32 Å². The summed E-state index contributed by atoms with van der Waals surface area (Å²) in [6.07, 6.45) is 6.19. The molecule has 2 aromatic rings. The highest BCUT2D eigenvalue weighted by molar-refractivity contribution is 7.98. The van der Waals surface area contributed by atoms with Crippen molar-refractivity contribution in [1.29, 1.82) is 0 Å². The van der Waals surface area contributed by atoms with Crippen LogP contribution in [0.2, 0.25) is 0 Å². The third-order valence-electron chi connectivity index (χ3n) is 4.30. The van der Waals surface area contributed by atoms with E-state index in [2.05, 4.69) is 20.4 Å². The molecule has 2 aromatic heterocycles. The molecule has 0 bridgehead atoms. The average Bonchev–Trinajstić information content (AvgIpc) is 3.31. The van der Waals surface area contributed by atoms with Crippen molar-refractivity contribution >= 4 is 17.7 Å². The van der Waals surface area contributed by atoms with Gasteiger partial charge in [-0.3, -0.25) is 9.48 Å². The Labute approximate surface area is 146 Å². The summed E-state index contributed by atoms with van der Waals surface area (Å²) < 4.78 is 1.76. The predicted molar refractivity (Wildman–Crippen MR) is 94.4 cm³/mol. The minimum atomic E-state index is -0.130. The number of nitrogens with one attached hydrogen (secondary N) is 1. The molecule has 0 aromatic carbocycles. The lowest BCUT2D eigenvalue weighted by Crippen LogP contribution is -2.29. The summed E-state index contributed by atoms with van der Waals surface area (Å²) in [6, 6.07) is -0.122. The number of carbonyl (C=O) groups excluding carboxylic acids is 1. The SMILES string of the molecule is CSc1nc(C2CC2)nc(C)c1C(=O)NC(C)c1cn(C)nc1C. The average molecular weight is 345 g/mol. The number of hydrogen-bond acceptors (Lipinski definition) is 5. The highest BCUT2D eigenvalue weighted by atomic mass is 32.2. The Bertz CT molecular complexity index is 782. The quantitative estimate of drug-likeness (QED) is 0.666. The normalized spacial score (nSPS) is 15.4. The molecule has 0 saturated heterocycles. The second kappa shape index (κ2) is 6.55. The number of thioether (sulfide) groups is 1. The lowest BCUT2D eigenvalue weighted by atomic mass is 10.1. The standard InChI is InChI=1S/C17H23N5OS/c1-9(13-8-22(4)21-10(13)2)19-16(23)14-11(3)18-15(12-6-7-12)20-17(14)24-5/h8-9,12H,6-7H2,1-5H3,(H,19,23). The molecule has 1 N–H and O–H groups in total. The van der Waals surface area contributed by atoms with E-state index >= 15 is 0 Å². The minimum absolute atomic E-state index is 0.122. The number of carbonyl (C=O) groups is 1. The summed E-state index contributed by atoms with van der Waals surface area (Å²) in [6.45, 7) is 5.81. The largest absolute Gasteiger partial charge is 0.345 e. The lowest BCUT2D eigenvalue weighted by molar-refractivity contribution is 0.0935. The molecule has 1 aliphatic rings. The summed E-state index contributed by atoms with van der Waals surface area (Å²) >= 11 is 1.50. The van der Waals surface area contributed by atoms with Crippen molar-refractivity contribution in [1.82, 2.24) is 25.1 Å². The summed E-state index contributed by atoms with van der Waals surface area (Å²) in [5.41, 5.74) is 3.28. The van der Waals surface area contributed by atoms with Crippen molar-refractivity contribution < 1.29 is 4.79 Å². The zero-order valence-electron chi connectivity index (χ0n) is 14.8. The second-order valence-electron chi connectivity index (χ2n) is 6.36. The zero-order chi connectivity index (χ0) is 17.4. The predicted octanol–water partition coefficient (Wildman–Crippen LogP) is 2.92. The molecule has 0 spiro atoms. The van der Waals surface area contributed by atoms with Gasteiger partial charge in [-0.05, 0) is 39.9 Å². The summed E-state index contributed by atoms with van der Waals surface area (Å²) in [4.78, 5) is 22.0. The topological polar surface area (TPSA) is 72.7 Å². The molecule has 1 fully saturated rings. The molecule has 1 unspecified atom stereocenters. The Morgan fingerprint density at radius 3 is 2.58 bits per heavy atom. The van der Waals surface area contributed by atoms with Gasteiger partial charge in [0.25, 0.3) is 5.91 Å². The van der Waals surface area contributed by atoms with Gasteiger partial charge in [0.1, 0.15) is 10.9 Å². The zero-order valence-corrected chi connectivity index (χ0v) is 15.6. The third kappa shape index (κ3) is 3.31. The Morgan fingerprint density at radius 2 is 2.04 bits per heavy atom. The van der Waals surface area contributed by atoms with E-state index in [9.17, 15) is 4.79 Å². The van der Waals surface area contributed by atoms with Gasteiger partial charge < -0.3 is 5.32 Å². The van der Waals surface area contributed by atoms with Crippen LogP contribution in [0, 0.1) is 13.8 Å². The molecule has 24 heavy (non-hydrogen) atoms.